The molecule has 1 aliphatic heterocycles. The van der Waals surface area contributed by atoms with Gasteiger partial charge in [0, 0.05) is 16.8 Å². The molecule has 4 rings (SSSR count). The van der Waals surface area contributed by atoms with E-state index in [2.05, 4.69) is 34.2 Å². The molecular weight excluding hydrogens is 501 g/mol. The first-order chi connectivity index (χ1) is 16.1. The van der Waals surface area contributed by atoms with Gasteiger partial charge < -0.3 is 15.2 Å². The number of carboxylic acid groups (broad SMARTS) is 1. The van der Waals surface area contributed by atoms with Crippen LogP contribution in [0.2, 0.25) is 0 Å². The average Bonchev–Trinajstić information content (AvgIpc) is 2.78. The molecule has 2 aliphatic rings. The van der Waals surface area contributed by atoms with Crippen LogP contribution in [0.25, 0.3) is 5.57 Å². The molecule has 0 saturated heterocycles. The number of anilines is 1. The molecule has 0 aromatic heterocycles. The van der Waals surface area contributed by atoms with Gasteiger partial charge in [0.05, 0.1) is 10.0 Å². The molecule has 0 unspecified atom stereocenters. The minimum atomic E-state index is -1.36. The fourth-order valence-corrected chi connectivity index (χ4v) is 5.52. The highest BCUT2D eigenvalue weighted by molar-refractivity contribution is 9.10. The van der Waals surface area contributed by atoms with E-state index >= 15 is 0 Å². The van der Waals surface area contributed by atoms with Crippen LogP contribution in [0.15, 0.2) is 40.9 Å². The van der Waals surface area contributed by atoms with E-state index in [1.54, 1.807) is 6.07 Å². The van der Waals surface area contributed by atoms with E-state index in [1.165, 1.54) is 30.9 Å². The topological polar surface area (TPSA) is 75.6 Å². The lowest BCUT2D eigenvalue weighted by atomic mass is 9.74. The largest absolute Gasteiger partial charge is 0.482 e. The standard InChI is InChI=1S/C27H29BrFNO4/c1-4-15-5-7-16(8-6-15)21-14-27(2,3)34-24-20(21)11-17(12-22(24)28)25(31)30-18-9-10-19(26(32)33)23(29)13-18/h9-16H,4-8H2,1-3H3,(H,30,31)(H,32,33)/t15-,16-. The van der Waals surface area contributed by atoms with Crippen LogP contribution in [0.4, 0.5) is 10.1 Å². The number of amides is 1. The van der Waals surface area contributed by atoms with Crippen molar-refractivity contribution in [1.82, 2.24) is 0 Å². The molecule has 180 valence electrons. The summed E-state index contributed by atoms with van der Waals surface area (Å²) >= 11 is 3.59. The number of halogens is 2. The summed E-state index contributed by atoms with van der Waals surface area (Å²) < 4.78 is 21.0. The van der Waals surface area contributed by atoms with Crippen LogP contribution in [0, 0.1) is 17.7 Å². The minimum Gasteiger partial charge on any atom is -0.482 e. The zero-order chi connectivity index (χ0) is 24.6. The SMILES string of the molecule is CC[C@H]1CC[C@H](C2=CC(C)(C)Oc3c(Br)cc(C(=O)Nc4ccc(C(=O)O)c(F)c4)cc32)CC1. The van der Waals surface area contributed by atoms with E-state index < -0.39 is 28.9 Å². The lowest BCUT2D eigenvalue weighted by molar-refractivity contribution is 0.0691. The quantitative estimate of drug-likeness (QED) is 0.425. The van der Waals surface area contributed by atoms with Crippen molar-refractivity contribution in [3.05, 3.63) is 63.4 Å². The smallest absolute Gasteiger partial charge is 0.338 e. The Balaban J connectivity index is 1.64. The molecule has 1 fully saturated rings. The van der Waals surface area contributed by atoms with Crippen LogP contribution in [-0.4, -0.2) is 22.6 Å². The first kappa shape index (κ1) is 24.5. The van der Waals surface area contributed by atoms with Crippen molar-refractivity contribution in [2.45, 2.75) is 58.5 Å². The third-order valence-corrected chi connectivity index (χ3v) is 7.40. The number of carbonyl (C=O) groups is 2. The molecule has 1 heterocycles. The van der Waals surface area contributed by atoms with Crippen molar-refractivity contribution in [1.29, 1.82) is 0 Å². The van der Waals surface area contributed by atoms with Crippen LogP contribution < -0.4 is 10.1 Å². The van der Waals surface area contributed by atoms with Gasteiger partial charge in [0.1, 0.15) is 17.2 Å². The van der Waals surface area contributed by atoms with Gasteiger partial charge in [-0.25, -0.2) is 9.18 Å². The van der Waals surface area contributed by atoms with Crippen molar-refractivity contribution < 1.29 is 23.8 Å². The molecular formula is C27H29BrFNO4. The Labute approximate surface area is 207 Å². The zero-order valence-corrected chi connectivity index (χ0v) is 21.2. The monoisotopic (exact) mass is 529 g/mol. The van der Waals surface area contributed by atoms with Crippen molar-refractivity contribution in [2.24, 2.45) is 11.8 Å². The van der Waals surface area contributed by atoms with Gasteiger partial charge in [-0.3, -0.25) is 4.79 Å². The van der Waals surface area contributed by atoms with E-state index in [1.807, 2.05) is 19.9 Å². The Morgan fingerprint density at radius 2 is 1.88 bits per heavy atom. The van der Waals surface area contributed by atoms with Gasteiger partial charge in [0.2, 0.25) is 0 Å². The van der Waals surface area contributed by atoms with Crippen LogP contribution in [-0.2, 0) is 0 Å². The highest BCUT2D eigenvalue weighted by Crippen LogP contribution is 2.48. The Morgan fingerprint density at radius 3 is 2.50 bits per heavy atom. The molecule has 0 radical (unpaired) electrons. The van der Waals surface area contributed by atoms with E-state index in [4.69, 9.17) is 9.84 Å². The number of carbonyl (C=O) groups excluding carboxylic acids is 1. The summed E-state index contributed by atoms with van der Waals surface area (Å²) in [6.07, 6.45) is 8.02. The van der Waals surface area contributed by atoms with E-state index in [-0.39, 0.29) is 5.69 Å². The molecule has 1 aliphatic carbocycles. The van der Waals surface area contributed by atoms with Crippen LogP contribution in [0.1, 0.15) is 79.2 Å². The van der Waals surface area contributed by atoms with Gasteiger partial charge in [0.25, 0.3) is 5.91 Å². The molecule has 0 spiro atoms. The normalized spacial score (nSPS) is 21.1. The summed E-state index contributed by atoms with van der Waals surface area (Å²) in [5.74, 6) is -0.753. The molecule has 1 saturated carbocycles. The summed E-state index contributed by atoms with van der Waals surface area (Å²) in [5, 5.41) is 11.7. The van der Waals surface area contributed by atoms with Crippen LogP contribution >= 0.6 is 15.9 Å². The third kappa shape index (κ3) is 5.04. The first-order valence-electron chi connectivity index (χ1n) is 11.7. The highest BCUT2D eigenvalue weighted by atomic mass is 79.9. The van der Waals surface area contributed by atoms with Crippen molar-refractivity contribution >= 4 is 39.1 Å². The molecule has 0 atom stereocenters. The zero-order valence-electron chi connectivity index (χ0n) is 19.6. The van der Waals surface area contributed by atoms with Gasteiger partial charge >= 0.3 is 5.97 Å². The highest BCUT2D eigenvalue weighted by Gasteiger charge is 2.34. The average molecular weight is 530 g/mol. The number of benzene rings is 2. The van der Waals surface area contributed by atoms with Gasteiger partial charge in [-0.15, -0.1) is 0 Å². The number of hydrogen-bond donors (Lipinski definition) is 2. The Morgan fingerprint density at radius 1 is 1.18 bits per heavy atom. The minimum absolute atomic E-state index is 0.187. The second kappa shape index (κ2) is 9.53. The van der Waals surface area contributed by atoms with Gasteiger partial charge in [0.15, 0.2) is 0 Å². The molecule has 1 amide bonds. The number of ether oxygens (including phenoxy) is 1. The maximum Gasteiger partial charge on any atom is 0.338 e. The summed E-state index contributed by atoms with van der Waals surface area (Å²) in [7, 11) is 0. The molecule has 7 heteroatoms. The fraction of sp³-hybridized carbons (Fsp3) is 0.407. The van der Waals surface area contributed by atoms with Crippen molar-refractivity contribution in [3.8, 4) is 5.75 Å². The summed E-state index contributed by atoms with van der Waals surface area (Å²) in [5.41, 5.74) is 1.82. The van der Waals surface area contributed by atoms with E-state index in [0.29, 0.717) is 16.0 Å². The third-order valence-electron chi connectivity index (χ3n) is 6.81. The van der Waals surface area contributed by atoms with Gasteiger partial charge in [-0.2, -0.15) is 0 Å². The van der Waals surface area contributed by atoms with Crippen molar-refractivity contribution in [3.63, 3.8) is 0 Å². The lowest BCUT2D eigenvalue weighted by Gasteiger charge is -2.37. The number of hydrogen-bond acceptors (Lipinski definition) is 3. The summed E-state index contributed by atoms with van der Waals surface area (Å²) in [4.78, 5) is 24.1. The number of nitrogens with one attached hydrogen (secondary N) is 1. The summed E-state index contributed by atoms with van der Waals surface area (Å²) in [6, 6.07) is 7.06. The molecule has 2 N–H and O–H groups in total. The van der Waals surface area contributed by atoms with Gasteiger partial charge in [-0.05, 0) is 109 Å². The number of allylic oxidation sites excluding steroid dienone is 1. The van der Waals surface area contributed by atoms with E-state index in [9.17, 15) is 14.0 Å². The van der Waals surface area contributed by atoms with E-state index in [0.717, 1.165) is 42.2 Å². The Bertz CT molecular complexity index is 1170. The molecule has 5 nitrogen and oxygen atoms in total. The first-order valence-corrected chi connectivity index (χ1v) is 12.5. The number of aromatic carboxylic acids is 1. The van der Waals surface area contributed by atoms with Crippen LogP contribution in [0.5, 0.6) is 5.75 Å². The van der Waals surface area contributed by atoms with Gasteiger partial charge in [-0.1, -0.05) is 13.3 Å². The maximum absolute atomic E-state index is 14.1. The summed E-state index contributed by atoms with van der Waals surface area (Å²) in [6.45, 7) is 6.33. The maximum atomic E-state index is 14.1. The lowest BCUT2D eigenvalue weighted by Crippen LogP contribution is -2.31. The number of rotatable bonds is 5. The van der Waals surface area contributed by atoms with Crippen LogP contribution in [0.3, 0.4) is 0 Å². The second-order valence-corrected chi connectivity index (χ2v) is 10.6. The second-order valence-electron chi connectivity index (χ2n) is 9.72. The Hall–Kier alpha value is -2.67. The Kier molecular flexibility index (Phi) is 6.85. The number of fused-ring (bicyclic) bond motifs is 1. The fourth-order valence-electron chi connectivity index (χ4n) is 4.98. The van der Waals surface area contributed by atoms with Crippen molar-refractivity contribution in [2.75, 3.05) is 5.32 Å². The predicted molar refractivity (Wildman–Crippen MR) is 134 cm³/mol. The molecule has 34 heavy (non-hydrogen) atoms. The molecule has 2 aromatic carbocycles. The number of carboxylic acids is 1. The molecule has 2 aromatic rings. The predicted octanol–water partition coefficient (Wildman–Crippen LogP) is 7.31. The molecule has 0 bridgehead atoms.